The molecule has 1 fully saturated rings. The fourth-order valence-corrected chi connectivity index (χ4v) is 2.41. The van der Waals surface area contributed by atoms with Crippen LogP contribution in [-0.4, -0.2) is 40.0 Å². The maximum Gasteiger partial charge on any atom is 0.387 e. The smallest absolute Gasteiger partial charge is 0.387 e. The Kier molecular flexibility index (Phi) is 3.69. The van der Waals surface area contributed by atoms with Gasteiger partial charge in [-0.2, -0.15) is 13.9 Å². The summed E-state index contributed by atoms with van der Waals surface area (Å²) in [4.78, 5) is 8.40. The van der Waals surface area contributed by atoms with Gasteiger partial charge in [-0.1, -0.05) is 12.1 Å². The molecule has 9 heteroatoms. The molecule has 3 heterocycles. The summed E-state index contributed by atoms with van der Waals surface area (Å²) in [6.45, 7) is -1.94. The van der Waals surface area contributed by atoms with Gasteiger partial charge in [-0.25, -0.2) is 9.97 Å². The number of alkyl halides is 2. The van der Waals surface area contributed by atoms with Crippen molar-refractivity contribution in [1.82, 2.24) is 20.2 Å². The first kappa shape index (κ1) is 14.8. The minimum absolute atomic E-state index is 0.0575. The summed E-state index contributed by atoms with van der Waals surface area (Å²) in [7, 11) is 0. The first-order valence-electron chi connectivity index (χ1n) is 7.30. The second-order valence-electron chi connectivity index (χ2n) is 5.30. The van der Waals surface area contributed by atoms with E-state index in [1.807, 2.05) is 24.3 Å². The molecule has 4 rings (SSSR count). The highest BCUT2D eigenvalue weighted by atomic mass is 19.3. The van der Waals surface area contributed by atoms with E-state index in [1.165, 1.54) is 6.20 Å². The monoisotopic (exact) mass is 333 g/mol. The summed E-state index contributed by atoms with van der Waals surface area (Å²) in [6.07, 6.45) is 1.24. The summed E-state index contributed by atoms with van der Waals surface area (Å²) >= 11 is 0. The number of fused-ring (bicyclic) bond motifs is 1. The second kappa shape index (κ2) is 6.00. The molecular formula is C15H13F2N5O2. The summed E-state index contributed by atoms with van der Waals surface area (Å²) in [6, 6.07) is 7.45. The molecule has 0 spiro atoms. The molecule has 1 saturated heterocycles. The second-order valence-corrected chi connectivity index (χ2v) is 5.30. The van der Waals surface area contributed by atoms with Gasteiger partial charge >= 0.3 is 6.61 Å². The zero-order valence-electron chi connectivity index (χ0n) is 12.4. The first-order chi connectivity index (χ1) is 11.7. The van der Waals surface area contributed by atoms with Crippen LogP contribution in [0.2, 0.25) is 0 Å². The lowest BCUT2D eigenvalue weighted by molar-refractivity contribution is -0.0499. The Morgan fingerprint density at radius 3 is 2.83 bits per heavy atom. The van der Waals surface area contributed by atoms with Crippen LogP contribution in [-0.2, 0) is 4.74 Å². The number of hydrogen-bond acceptors (Lipinski definition) is 6. The maximum atomic E-state index is 12.6. The van der Waals surface area contributed by atoms with E-state index < -0.39 is 6.61 Å². The SMILES string of the molecule is FC(F)Oc1cnc(C2COC2)nc1Nc1n[nH]c2ccccc12. The van der Waals surface area contributed by atoms with Crippen LogP contribution in [0.5, 0.6) is 5.75 Å². The van der Waals surface area contributed by atoms with Crippen LogP contribution >= 0.6 is 0 Å². The van der Waals surface area contributed by atoms with Crippen molar-refractivity contribution < 1.29 is 18.3 Å². The van der Waals surface area contributed by atoms with Crippen molar-refractivity contribution >= 4 is 22.5 Å². The molecule has 124 valence electrons. The minimum Gasteiger partial charge on any atom is -0.429 e. The third kappa shape index (κ3) is 2.73. The number of anilines is 2. The van der Waals surface area contributed by atoms with Crippen molar-refractivity contribution in [2.24, 2.45) is 0 Å². The average molecular weight is 333 g/mol. The van der Waals surface area contributed by atoms with E-state index in [1.54, 1.807) is 0 Å². The lowest BCUT2D eigenvalue weighted by atomic mass is 10.1. The van der Waals surface area contributed by atoms with Crippen LogP contribution in [0, 0.1) is 0 Å². The van der Waals surface area contributed by atoms with Gasteiger partial charge in [-0.05, 0) is 12.1 Å². The van der Waals surface area contributed by atoms with Gasteiger partial charge in [-0.15, -0.1) is 0 Å². The number of aromatic nitrogens is 4. The molecular weight excluding hydrogens is 320 g/mol. The van der Waals surface area contributed by atoms with Crippen molar-refractivity contribution in [1.29, 1.82) is 0 Å². The quantitative estimate of drug-likeness (QED) is 0.747. The molecule has 0 unspecified atom stereocenters. The van der Waals surface area contributed by atoms with Gasteiger partial charge in [-0.3, -0.25) is 5.10 Å². The third-order valence-electron chi connectivity index (χ3n) is 3.70. The van der Waals surface area contributed by atoms with E-state index >= 15 is 0 Å². The fraction of sp³-hybridized carbons (Fsp3) is 0.267. The van der Waals surface area contributed by atoms with Gasteiger partial charge in [0.05, 0.1) is 30.8 Å². The van der Waals surface area contributed by atoms with E-state index in [9.17, 15) is 8.78 Å². The van der Waals surface area contributed by atoms with Crippen molar-refractivity contribution in [2.45, 2.75) is 12.5 Å². The molecule has 1 aliphatic heterocycles. The van der Waals surface area contributed by atoms with Gasteiger partial charge in [0, 0.05) is 5.39 Å². The summed E-state index contributed by atoms with van der Waals surface area (Å²) in [5, 5.41) is 10.8. The van der Waals surface area contributed by atoms with Crippen LogP contribution in [0.25, 0.3) is 10.9 Å². The summed E-state index contributed by atoms with van der Waals surface area (Å²) in [5.41, 5.74) is 0.818. The molecule has 0 aliphatic carbocycles. The molecule has 1 aromatic carbocycles. The standard InChI is InChI=1S/C15H13F2N5O2/c16-15(17)24-11-5-18-12(8-6-23-7-8)19-14(11)20-13-9-3-1-2-4-10(9)21-22-13/h1-5,8,15H,6-7H2,(H2,18,19,20,21,22). The van der Waals surface area contributed by atoms with E-state index in [0.717, 1.165) is 10.9 Å². The van der Waals surface area contributed by atoms with Crippen molar-refractivity contribution in [3.8, 4) is 5.75 Å². The average Bonchev–Trinajstić information content (AvgIpc) is 2.91. The van der Waals surface area contributed by atoms with E-state index in [-0.39, 0.29) is 17.5 Å². The van der Waals surface area contributed by atoms with E-state index in [4.69, 9.17) is 4.74 Å². The van der Waals surface area contributed by atoms with Crippen LogP contribution < -0.4 is 10.1 Å². The Balaban J connectivity index is 1.70. The molecule has 3 aromatic rings. The van der Waals surface area contributed by atoms with Gasteiger partial charge in [0.2, 0.25) is 0 Å². The molecule has 0 atom stereocenters. The zero-order valence-corrected chi connectivity index (χ0v) is 12.4. The van der Waals surface area contributed by atoms with Gasteiger partial charge in [0.15, 0.2) is 17.4 Å². The molecule has 24 heavy (non-hydrogen) atoms. The third-order valence-corrected chi connectivity index (χ3v) is 3.70. The lowest BCUT2D eigenvalue weighted by Crippen LogP contribution is -2.27. The molecule has 1 aliphatic rings. The number of halogens is 2. The largest absolute Gasteiger partial charge is 0.429 e. The highest BCUT2D eigenvalue weighted by molar-refractivity contribution is 5.91. The van der Waals surface area contributed by atoms with Gasteiger partial charge in [0.1, 0.15) is 5.82 Å². The molecule has 0 saturated carbocycles. The van der Waals surface area contributed by atoms with Crippen molar-refractivity contribution in [3.63, 3.8) is 0 Å². The van der Waals surface area contributed by atoms with Gasteiger partial charge < -0.3 is 14.8 Å². The molecule has 2 N–H and O–H groups in total. The lowest BCUT2D eigenvalue weighted by Gasteiger charge is -2.25. The van der Waals surface area contributed by atoms with Crippen LogP contribution in [0.15, 0.2) is 30.5 Å². The minimum atomic E-state index is -2.97. The molecule has 0 amide bonds. The predicted molar refractivity (Wildman–Crippen MR) is 81.6 cm³/mol. The molecule has 0 bridgehead atoms. The predicted octanol–water partition coefficient (Wildman–Crippen LogP) is 2.81. The number of nitrogens with zero attached hydrogens (tertiary/aromatic N) is 3. The number of benzene rings is 1. The Labute approximate surface area is 135 Å². The Bertz CT molecular complexity index is 866. The maximum absolute atomic E-state index is 12.6. The summed E-state index contributed by atoms with van der Waals surface area (Å²) < 4.78 is 34.9. The number of aromatic amines is 1. The number of nitrogens with one attached hydrogen (secondary N) is 2. The normalized spacial score (nSPS) is 14.8. The Hall–Kier alpha value is -2.81. The van der Waals surface area contributed by atoms with Crippen LogP contribution in [0.4, 0.5) is 20.4 Å². The van der Waals surface area contributed by atoms with E-state index in [2.05, 4.69) is 30.2 Å². The number of ether oxygens (including phenoxy) is 2. The fourth-order valence-electron chi connectivity index (χ4n) is 2.41. The highest BCUT2D eigenvalue weighted by Gasteiger charge is 2.25. The van der Waals surface area contributed by atoms with Crippen LogP contribution in [0.3, 0.4) is 0 Å². The number of para-hydroxylation sites is 1. The highest BCUT2D eigenvalue weighted by Crippen LogP contribution is 2.31. The summed E-state index contributed by atoms with van der Waals surface area (Å²) in [5.74, 6) is 1.05. The number of H-pyrrole nitrogens is 1. The van der Waals surface area contributed by atoms with E-state index in [0.29, 0.717) is 24.9 Å². The molecule has 2 aromatic heterocycles. The Morgan fingerprint density at radius 1 is 1.25 bits per heavy atom. The van der Waals surface area contributed by atoms with Gasteiger partial charge in [0.25, 0.3) is 0 Å². The van der Waals surface area contributed by atoms with Crippen LogP contribution in [0.1, 0.15) is 11.7 Å². The van der Waals surface area contributed by atoms with Crippen molar-refractivity contribution in [2.75, 3.05) is 18.5 Å². The Morgan fingerprint density at radius 2 is 2.08 bits per heavy atom. The first-order valence-corrected chi connectivity index (χ1v) is 7.30. The zero-order chi connectivity index (χ0) is 16.5. The number of rotatable bonds is 5. The topological polar surface area (TPSA) is 84.9 Å². The molecule has 0 radical (unpaired) electrons. The number of hydrogen-bond donors (Lipinski definition) is 2. The molecule has 7 nitrogen and oxygen atoms in total. The van der Waals surface area contributed by atoms with Crippen molar-refractivity contribution in [3.05, 3.63) is 36.3 Å².